The minimum Gasteiger partial charge on any atom is -0.322 e. The topological polar surface area (TPSA) is 99.3 Å². The molecule has 31 heavy (non-hydrogen) atoms. The van der Waals surface area contributed by atoms with Gasteiger partial charge >= 0.3 is 0 Å². The van der Waals surface area contributed by atoms with Crippen molar-refractivity contribution in [2.45, 2.75) is 0 Å². The molecule has 0 bridgehead atoms. The summed E-state index contributed by atoms with van der Waals surface area (Å²) in [5, 5.41) is 7.06. The van der Waals surface area contributed by atoms with E-state index in [0.717, 1.165) is 4.88 Å². The monoisotopic (exact) mass is 450 g/mol. The summed E-state index contributed by atoms with van der Waals surface area (Å²) in [4.78, 5) is 37.1. The van der Waals surface area contributed by atoms with Crippen LogP contribution in [0.1, 0.15) is 25.6 Å². The predicted octanol–water partition coefficient (Wildman–Crippen LogP) is 3.35. The van der Waals surface area contributed by atoms with Crippen molar-refractivity contribution in [3.05, 3.63) is 94.2 Å². The lowest BCUT2D eigenvalue weighted by molar-refractivity contribution is -0.115. The van der Waals surface area contributed by atoms with Crippen LogP contribution in [0.2, 0.25) is 0 Å². The summed E-state index contributed by atoms with van der Waals surface area (Å²) in [6, 6.07) is 18.9. The van der Waals surface area contributed by atoms with E-state index in [-0.39, 0.29) is 11.0 Å². The number of thiophene rings is 1. The fourth-order valence-corrected chi connectivity index (χ4v) is 3.18. The molecular formula is C22H18N4O3S2. The van der Waals surface area contributed by atoms with Gasteiger partial charge in [0.25, 0.3) is 11.8 Å². The third-order valence-corrected chi connectivity index (χ3v) is 4.95. The highest BCUT2D eigenvalue weighted by Gasteiger charge is 2.09. The third kappa shape index (κ3) is 6.88. The second-order valence-corrected chi connectivity index (χ2v) is 7.53. The lowest BCUT2D eigenvalue weighted by Crippen LogP contribution is -2.48. The molecule has 0 aliphatic rings. The van der Waals surface area contributed by atoms with Crippen LogP contribution in [0.25, 0.3) is 6.08 Å². The van der Waals surface area contributed by atoms with Gasteiger partial charge in [-0.3, -0.25) is 30.6 Å². The Morgan fingerprint density at radius 2 is 1.52 bits per heavy atom. The van der Waals surface area contributed by atoms with Crippen molar-refractivity contribution in [2.24, 2.45) is 0 Å². The Bertz CT molecular complexity index is 1100. The Kier molecular flexibility index (Phi) is 7.63. The summed E-state index contributed by atoms with van der Waals surface area (Å²) >= 11 is 6.49. The van der Waals surface area contributed by atoms with Crippen LogP contribution in [-0.4, -0.2) is 22.8 Å². The first kappa shape index (κ1) is 21.9. The zero-order chi connectivity index (χ0) is 22.1. The third-order valence-electron chi connectivity index (χ3n) is 3.91. The van der Waals surface area contributed by atoms with Crippen LogP contribution in [0.4, 0.5) is 5.69 Å². The van der Waals surface area contributed by atoms with Crippen molar-refractivity contribution in [1.29, 1.82) is 0 Å². The van der Waals surface area contributed by atoms with Crippen molar-refractivity contribution >= 4 is 58.2 Å². The SMILES string of the molecule is O=C(C=Cc1cccs1)NC(=S)NNC(=O)c1ccc(NC(=O)c2ccccc2)cc1. The maximum Gasteiger partial charge on any atom is 0.269 e. The molecule has 156 valence electrons. The number of anilines is 1. The average molecular weight is 451 g/mol. The molecule has 0 unspecified atom stereocenters. The molecule has 0 fully saturated rings. The molecule has 0 saturated carbocycles. The number of carbonyl (C=O) groups is 3. The predicted molar refractivity (Wildman–Crippen MR) is 126 cm³/mol. The lowest BCUT2D eigenvalue weighted by atomic mass is 10.2. The van der Waals surface area contributed by atoms with Gasteiger partial charge in [-0.25, -0.2) is 0 Å². The van der Waals surface area contributed by atoms with Crippen LogP contribution in [0.15, 0.2) is 78.2 Å². The van der Waals surface area contributed by atoms with E-state index in [1.807, 2.05) is 23.6 Å². The summed E-state index contributed by atoms with van der Waals surface area (Å²) in [5.41, 5.74) is 6.31. The first-order valence-electron chi connectivity index (χ1n) is 9.10. The van der Waals surface area contributed by atoms with E-state index in [4.69, 9.17) is 12.2 Å². The number of amides is 3. The molecule has 3 amide bonds. The van der Waals surface area contributed by atoms with Crippen LogP contribution in [0.5, 0.6) is 0 Å². The molecule has 0 radical (unpaired) electrons. The van der Waals surface area contributed by atoms with Crippen LogP contribution in [-0.2, 0) is 4.79 Å². The summed E-state index contributed by atoms with van der Waals surface area (Å²) < 4.78 is 0. The smallest absolute Gasteiger partial charge is 0.269 e. The van der Waals surface area contributed by atoms with E-state index >= 15 is 0 Å². The summed E-state index contributed by atoms with van der Waals surface area (Å²) in [7, 11) is 0. The van der Waals surface area contributed by atoms with E-state index in [9.17, 15) is 14.4 Å². The number of carbonyl (C=O) groups excluding carboxylic acids is 3. The fraction of sp³-hybridized carbons (Fsp3) is 0. The molecule has 0 aliphatic carbocycles. The molecule has 3 rings (SSSR count). The van der Waals surface area contributed by atoms with E-state index < -0.39 is 11.8 Å². The van der Waals surface area contributed by atoms with Crippen molar-refractivity contribution in [3.63, 3.8) is 0 Å². The Hall–Kier alpha value is -3.82. The molecule has 0 aliphatic heterocycles. The van der Waals surface area contributed by atoms with Gasteiger partial charge in [0.1, 0.15) is 0 Å². The molecule has 9 heteroatoms. The van der Waals surface area contributed by atoms with Crippen molar-refractivity contribution < 1.29 is 14.4 Å². The minimum absolute atomic E-state index is 0.0408. The number of nitrogens with one attached hydrogen (secondary N) is 4. The fourth-order valence-electron chi connectivity index (χ4n) is 2.41. The Balaban J connectivity index is 1.45. The second kappa shape index (κ2) is 10.8. The Morgan fingerprint density at radius 3 is 2.19 bits per heavy atom. The highest BCUT2D eigenvalue weighted by molar-refractivity contribution is 7.80. The largest absolute Gasteiger partial charge is 0.322 e. The van der Waals surface area contributed by atoms with Gasteiger partial charge < -0.3 is 5.32 Å². The highest BCUT2D eigenvalue weighted by atomic mass is 32.1. The van der Waals surface area contributed by atoms with Gasteiger partial charge in [-0.05, 0) is 66.1 Å². The highest BCUT2D eigenvalue weighted by Crippen LogP contribution is 2.12. The molecule has 0 saturated heterocycles. The normalized spacial score (nSPS) is 10.3. The molecule has 1 heterocycles. The second-order valence-electron chi connectivity index (χ2n) is 6.14. The van der Waals surface area contributed by atoms with E-state index in [0.29, 0.717) is 16.8 Å². The van der Waals surface area contributed by atoms with Gasteiger partial charge in [0.2, 0.25) is 5.91 Å². The summed E-state index contributed by atoms with van der Waals surface area (Å²) in [6.45, 7) is 0. The van der Waals surface area contributed by atoms with E-state index in [1.165, 1.54) is 17.4 Å². The standard InChI is InChI=1S/C22H18N4O3S2/c27-19(13-12-18-7-4-14-31-18)24-22(30)26-25-21(29)16-8-10-17(11-9-16)23-20(28)15-5-2-1-3-6-15/h1-14H,(H,23,28)(H,25,29)(H2,24,26,27,30). The number of rotatable bonds is 5. The Labute approximate surface area is 188 Å². The molecule has 4 N–H and O–H groups in total. The van der Waals surface area contributed by atoms with Crippen LogP contribution >= 0.6 is 23.6 Å². The number of benzene rings is 2. The molecular weight excluding hydrogens is 432 g/mol. The number of hydrogen-bond acceptors (Lipinski definition) is 5. The van der Waals surface area contributed by atoms with Gasteiger partial charge in [0.05, 0.1) is 0 Å². The van der Waals surface area contributed by atoms with Crippen molar-refractivity contribution in [2.75, 3.05) is 5.32 Å². The molecule has 7 nitrogen and oxygen atoms in total. The lowest BCUT2D eigenvalue weighted by Gasteiger charge is -2.10. The maximum absolute atomic E-state index is 12.2. The van der Waals surface area contributed by atoms with Gasteiger partial charge in [-0.15, -0.1) is 11.3 Å². The molecule has 3 aromatic rings. The Morgan fingerprint density at radius 1 is 0.806 bits per heavy atom. The van der Waals surface area contributed by atoms with Gasteiger partial charge in [-0.2, -0.15) is 0 Å². The summed E-state index contributed by atoms with van der Waals surface area (Å²) in [5.74, 6) is -1.11. The zero-order valence-corrected chi connectivity index (χ0v) is 17.8. The summed E-state index contributed by atoms with van der Waals surface area (Å²) in [6.07, 6.45) is 3.02. The van der Waals surface area contributed by atoms with Gasteiger partial charge in [-0.1, -0.05) is 24.3 Å². The van der Waals surface area contributed by atoms with Crippen molar-refractivity contribution in [3.8, 4) is 0 Å². The average Bonchev–Trinajstić information content (AvgIpc) is 3.31. The quantitative estimate of drug-likeness (QED) is 0.271. The van der Waals surface area contributed by atoms with E-state index in [2.05, 4.69) is 21.5 Å². The molecule has 0 atom stereocenters. The maximum atomic E-state index is 12.2. The number of hydrogen-bond donors (Lipinski definition) is 4. The van der Waals surface area contributed by atoms with Crippen LogP contribution in [0, 0.1) is 0 Å². The molecule has 1 aromatic heterocycles. The first-order valence-corrected chi connectivity index (χ1v) is 10.4. The van der Waals surface area contributed by atoms with E-state index in [1.54, 1.807) is 54.6 Å². The molecule has 0 spiro atoms. The minimum atomic E-state index is -0.452. The number of thiocarbonyl (C=S) groups is 1. The zero-order valence-electron chi connectivity index (χ0n) is 16.1. The van der Waals surface area contributed by atoms with Gasteiger partial charge in [0, 0.05) is 27.8 Å². The van der Waals surface area contributed by atoms with Crippen molar-refractivity contribution in [1.82, 2.24) is 16.2 Å². The van der Waals surface area contributed by atoms with Crippen LogP contribution < -0.4 is 21.5 Å². The van der Waals surface area contributed by atoms with Gasteiger partial charge in [0.15, 0.2) is 5.11 Å². The molecule has 2 aromatic carbocycles. The van der Waals surface area contributed by atoms with Crippen LogP contribution in [0.3, 0.4) is 0 Å². The number of hydrazine groups is 1. The first-order chi connectivity index (χ1) is 15.0.